The molecule has 0 aliphatic carbocycles. The lowest BCUT2D eigenvalue weighted by atomic mass is 10.1. The van der Waals surface area contributed by atoms with E-state index in [4.69, 9.17) is 11.3 Å². The van der Waals surface area contributed by atoms with Crippen molar-refractivity contribution in [3.63, 3.8) is 0 Å². The fraction of sp³-hybridized carbons (Fsp3) is 0.217. The second-order valence-corrected chi connectivity index (χ2v) is 7.88. The van der Waals surface area contributed by atoms with Gasteiger partial charge in [0.15, 0.2) is 11.6 Å². The number of rotatable bonds is 5. The minimum Gasteiger partial charge on any atom is -0.360 e. The van der Waals surface area contributed by atoms with Gasteiger partial charge in [-0.15, -0.1) is 0 Å². The summed E-state index contributed by atoms with van der Waals surface area (Å²) in [6, 6.07) is 9.94. The molecule has 0 radical (unpaired) electrons. The molecule has 0 spiro atoms. The molecule has 170 valence electrons. The Morgan fingerprint density at radius 3 is 2.64 bits per heavy atom. The molecule has 5 N–H and O–H groups in total. The number of likely N-dealkylation sites (tertiary alicyclic amines) is 1. The van der Waals surface area contributed by atoms with Crippen molar-refractivity contribution in [2.75, 3.05) is 18.4 Å². The molecule has 2 heterocycles. The number of halogens is 2. The van der Waals surface area contributed by atoms with E-state index >= 15 is 0 Å². The number of aromatic nitrogens is 1. The maximum absolute atomic E-state index is 13.6. The van der Waals surface area contributed by atoms with Crippen molar-refractivity contribution in [1.82, 2.24) is 9.88 Å². The van der Waals surface area contributed by atoms with Crippen LogP contribution in [0, 0.1) is 17.2 Å². The first kappa shape index (κ1) is 22.3. The first-order chi connectivity index (χ1) is 15.9. The molecule has 2 aromatic carbocycles. The van der Waals surface area contributed by atoms with Crippen molar-refractivity contribution in [3.8, 4) is 0 Å². The van der Waals surface area contributed by atoms with Crippen LogP contribution in [0.4, 0.5) is 14.5 Å². The van der Waals surface area contributed by atoms with Crippen LogP contribution in [-0.4, -0.2) is 34.9 Å². The Labute approximate surface area is 187 Å². The number of benzene rings is 2. The highest BCUT2D eigenvalue weighted by Gasteiger charge is 2.22. The molecular formula is C23H22F2N6O2. The molecule has 4 rings (SSSR count). The van der Waals surface area contributed by atoms with E-state index in [9.17, 15) is 18.4 Å². The van der Waals surface area contributed by atoms with Gasteiger partial charge in [-0.1, -0.05) is 0 Å². The van der Waals surface area contributed by atoms with Gasteiger partial charge in [0, 0.05) is 48.0 Å². The number of pyridine rings is 1. The van der Waals surface area contributed by atoms with Crippen LogP contribution in [0.5, 0.6) is 0 Å². The van der Waals surface area contributed by atoms with E-state index < -0.39 is 17.2 Å². The average Bonchev–Trinajstić information content (AvgIpc) is 2.81. The van der Waals surface area contributed by atoms with E-state index in [1.54, 1.807) is 29.2 Å². The van der Waals surface area contributed by atoms with Gasteiger partial charge in [-0.3, -0.25) is 9.59 Å². The molecule has 1 aliphatic rings. The summed E-state index contributed by atoms with van der Waals surface area (Å²) in [5.74, 6) is -2.20. The number of hydrogen-bond acceptors (Lipinski definition) is 6. The number of hydrogen-bond donors (Lipinski definition) is 4. The van der Waals surface area contributed by atoms with Crippen LogP contribution < -0.4 is 16.6 Å². The van der Waals surface area contributed by atoms with Crippen LogP contribution in [-0.2, 0) is 0 Å². The molecular weight excluding hydrogens is 430 g/mol. The molecule has 33 heavy (non-hydrogen) atoms. The summed E-state index contributed by atoms with van der Waals surface area (Å²) in [6.45, 7) is 1.22. The summed E-state index contributed by atoms with van der Waals surface area (Å²) < 4.78 is 27.0. The van der Waals surface area contributed by atoms with Crippen LogP contribution >= 0.6 is 0 Å². The summed E-state index contributed by atoms with van der Waals surface area (Å²) in [5, 5.41) is 6.58. The highest BCUT2D eigenvalue weighted by Crippen LogP contribution is 2.21. The van der Waals surface area contributed by atoms with E-state index in [1.807, 2.05) is 0 Å². The zero-order valence-corrected chi connectivity index (χ0v) is 17.6. The molecule has 1 saturated heterocycles. The first-order valence-electron chi connectivity index (χ1n) is 10.4. The van der Waals surface area contributed by atoms with Crippen molar-refractivity contribution < 1.29 is 13.6 Å². The normalized spacial score (nSPS) is 16.6. The lowest BCUT2D eigenvalue weighted by Crippen LogP contribution is -2.45. The fourth-order valence-electron chi connectivity index (χ4n) is 3.80. The standard InChI is InChI=1S/C23H22F2N6O2/c24-18-9-14-8-17(22(32)29-20(14)10-19(18)25)21(30-27)11-28-16-5-3-13(4-6-16)23(33)31-7-1-2-15(26)12-31/h3-6,8-11,15,27-28H,1-2,7,12,26H2,(H,29,32)/b21-11-,30-27?/t15-/m0/s1. The van der Waals surface area contributed by atoms with Crippen LogP contribution in [0.25, 0.3) is 16.6 Å². The molecule has 10 heteroatoms. The Hall–Kier alpha value is -3.92. The Bertz CT molecular complexity index is 1300. The SMILES string of the molecule is N=N/C(=C\Nc1ccc(C(=O)N2CCC[C@H](N)C2)cc1)c1cc2cc(F)c(F)cc2[nH]c1=O. The minimum atomic E-state index is -1.07. The van der Waals surface area contributed by atoms with Gasteiger partial charge in [0.2, 0.25) is 0 Å². The number of anilines is 1. The second-order valence-electron chi connectivity index (χ2n) is 7.88. The van der Waals surface area contributed by atoms with Crippen molar-refractivity contribution in [1.29, 1.82) is 5.53 Å². The van der Waals surface area contributed by atoms with E-state index in [-0.39, 0.29) is 34.1 Å². The summed E-state index contributed by atoms with van der Waals surface area (Å²) in [6.07, 6.45) is 3.14. The zero-order chi connectivity index (χ0) is 23.5. The topological polar surface area (TPSA) is 127 Å². The molecule has 1 aromatic heterocycles. The van der Waals surface area contributed by atoms with Gasteiger partial charge >= 0.3 is 0 Å². The monoisotopic (exact) mass is 452 g/mol. The summed E-state index contributed by atoms with van der Waals surface area (Å²) >= 11 is 0. The number of H-pyrrole nitrogens is 1. The third-order valence-corrected chi connectivity index (χ3v) is 5.53. The van der Waals surface area contributed by atoms with E-state index in [2.05, 4.69) is 15.4 Å². The minimum absolute atomic E-state index is 0.00501. The average molecular weight is 452 g/mol. The maximum atomic E-state index is 13.6. The Balaban J connectivity index is 1.53. The van der Waals surface area contributed by atoms with Crippen molar-refractivity contribution in [2.45, 2.75) is 18.9 Å². The summed E-state index contributed by atoms with van der Waals surface area (Å²) in [4.78, 5) is 29.3. The van der Waals surface area contributed by atoms with E-state index in [0.29, 0.717) is 24.3 Å². The summed E-state index contributed by atoms with van der Waals surface area (Å²) in [7, 11) is 0. The Morgan fingerprint density at radius 1 is 1.21 bits per heavy atom. The van der Waals surface area contributed by atoms with Gasteiger partial charge in [-0.05, 0) is 49.2 Å². The maximum Gasteiger partial charge on any atom is 0.258 e. The molecule has 3 aromatic rings. The first-order valence-corrected chi connectivity index (χ1v) is 10.4. The molecule has 1 fully saturated rings. The van der Waals surface area contributed by atoms with Crippen LogP contribution in [0.15, 0.2) is 58.6 Å². The van der Waals surface area contributed by atoms with Crippen molar-refractivity contribution >= 4 is 28.2 Å². The van der Waals surface area contributed by atoms with Gasteiger partial charge < -0.3 is 20.9 Å². The molecule has 0 saturated carbocycles. The highest BCUT2D eigenvalue weighted by atomic mass is 19.2. The van der Waals surface area contributed by atoms with Crippen LogP contribution in [0.1, 0.15) is 28.8 Å². The van der Waals surface area contributed by atoms with Gasteiger partial charge in [-0.25, -0.2) is 14.3 Å². The predicted octanol–water partition coefficient (Wildman–Crippen LogP) is 3.81. The molecule has 0 bridgehead atoms. The Kier molecular flexibility index (Phi) is 6.27. The van der Waals surface area contributed by atoms with Crippen molar-refractivity contribution in [2.24, 2.45) is 10.8 Å². The van der Waals surface area contributed by atoms with Gasteiger partial charge in [0.25, 0.3) is 11.5 Å². The quantitative estimate of drug-likeness (QED) is 0.439. The zero-order valence-electron chi connectivity index (χ0n) is 17.6. The molecule has 1 atom stereocenters. The predicted molar refractivity (Wildman–Crippen MR) is 121 cm³/mol. The number of carbonyl (C=O) groups excluding carboxylic acids is 1. The summed E-state index contributed by atoms with van der Waals surface area (Å²) in [5.41, 5.74) is 14.1. The number of amides is 1. The molecule has 8 nitrogen and oxygen atoms in total. The lowest BCUT2D eigenvalue weighted by Gasteiger charge is -2.30. The highest BCUT2D eigenvalue weighted by molar-refractivity contribution is 5.94. The van der Waals surface area contributed by atoms with Gasteiger partial charge in [-0.2, -0.15) is 5.11 Å². The number of carbonyl (C=O) groups is 1. The number of aromatic amines is 1. The largest absolute Gasteiger partial charge is 0.360 e. The van der Waals surface area contributed by atoms with E-state index in [0.717, 1.165) is 25.0 Å². The van der Waals surface area contributed by atoms with Crippen molar-refractivity contribution in [3.05, 3.63) is 81.8 Å². The van der Waals surface area contributed by atoms with Gasteiger partial charge in [0.05, 0.1) is 11.1 Å². The van der Waals surface area contributed by atoms with E-state index in [1.165, 1.54) is 12.3 Å². The molecule has 1 amide bonds. The van der Waals surface area contributed by atoms with Crippen LogP contribution in [0.2, 0.25) is 0 Å². The second kappa shape index (κ2) is 9.29. The number of fused-ring (bicyclic) bond motifs is 1. The third kappa shape index (κ3) is 4.80. The number of nitrogens with one attached hydrogen (secondary N) is 3. The Morgan fingerprint density at radius 2 is 1.94 bits per heavy atom. The van der Waals surface area contributed by atoms with Gasteiger partial charge in [0.1, 0.15) is 5.70 Å². The smallest absolute Gasteiger partial charge is 0.258 e. The lowest BCUT2D eigenvalue weighted by molar-refractivity contribution is 0.0709. The number of nitrogens with two attached hydrogens (primary N) is 1. The number of nitrogens with zero attached hydrogens (tertiary/aromatic N) is 2. The molecule has 1 aliphatic heterocycles. The third-order valence-electron chi connectivity index (χ3n) is 5.53. The van der Waals surface area contributed by atoms with Crippen LogP contribution in [0.3, 0.4) is 0 Å². The molecule has 0 unspecified atom stereocenters. The number of piperidine rings is 1. The fourth-order valence-corrected chi connectivity index (χ4v) is 3.80.